The van der Waals surface area contributed by atoms with E-state index in [1.165, 1.54) is 62.8 Å². The summed E-state index contributed by atoms with van der Waals surface area (Å²) >= 11 is 0. The quantitative estimate of drug-likeness (QED) is 0.0849. The number of anilines is 2. The molecule has 4 aromatic carbocycles. The average molecular weight is 707 g/mol. The minimum atomic E-state index is -0.0546. The Morgan fingerprint density at radius 2 is 0.811 bits per heavy atom. The number of hydrogen-bond donors (Lipinski definition) is 0. The van der Waals surface area contributed by atoms with E-state index in [0.717, 1.165) is 52.1 Å². The van der Waals surface area contributed by atoms with Gasteiger partial charge in [-0.3, -0.25) is 0 Å². The van der Waals surface area contributed by atoms with E-state index >= 15 is 0 Å². The number of fused-ring (bicyclic) bond motifs is 2. The van der Waals surface area contributed by atoms with Gasteiger partial charge in [0.05, 0.1) is 10.8 Å². The fourth-order valence-electron chi connectivity index (χ4n) is 8.60. The Bertz CT molecular complexity index is 1840. The Hall–Kier alpha value is -4.70. The minimum absolute atomic E-state index is 0.0546. The molecule has 6 rings (SSSR count). The van der Waals surface area contributed by atoms with E-state index in [2.05, 4.69) is 196 Å². The van der Waals surface area contributed by atoms with Crippen LogP contribution < -0.4 is 9.80 Å². The second-order valence-corrected chi connectivity index (χ2v) is 15.6. The van der Waals surface area contributed by atoms with Gasteiger partial charge in [-0.1, -0.05) is 60.7 Å². The lowest BCUT2D eigenvalue weighted by Crippen LogP contribution is -2.28. The van der Waals surface area contributed by atoms with Crippen LogP contribution >= 0.6 is 0 Å². The molecule has 0 bridgehead atoms. The Kier molecular flexibility index (Phi) is 11.9. The van der Waals surface area contributed by atoms with Crippen molar-refractivity contribution in [3.63, 3.8) is 0 Å². The monoisotopic (exact) mass is 706 g/mol. The van der Waals surface area contributed by atoms with Crippen LogP contribution in [-0.2, 0) is 10.8 Å². The largest absolute Gasteiger partial charge is 0.372 e. The number of nitrogens with zero attached hydrogens (tertiary/aromatic N) is 4. The molecule has 2 heterocycles. The van der Waals surface area contributed by atoms with Gasteiger partial charge in [-0.2, -0.15) is 9.15 Å². The third kappa shape index (κ3) is 7.84. The molecule has 0 atom stereocenters. The number of hydrogen-bond acceptors (Lipinski definition) is 2. The summed E-state index contributed by atoms with van der Waals surface area (Å²) in [6, 6.07) is 36.1. The van der Waals surface area contributed by atoms with Crippen LogP contribution in [-0.4, -0.2) is 59.8 Å². The molecular weight excluding hydrogens is 645 g/mol. The third-order valence-corrected chi connectivity index (χ3v) is 11.8. The zero-order chi connectivity index (χ0) is 37.6. The molecule has 2 aliphatic heterocycles. The van der Waals surface area contributed by atoms with Gasteiger partial charge in [-0.15, -0.1) is 0 Å². The van der Waals surface area contributed by atoms with Gasteiger partial charge in [0.2, 0.25) is 11.4 Å². The zero-order valence-electron chi connectivity index (χ0n) is 33.7. The Labute approximate surface area is 320 Å². The van der Waals surface area contributed by atoms with Crippen LogP contribution in [0.4, 0.5) is 22.7 Å². The van der Waals surface area contributed by atoms with Crippen molar-refractivity contribution in [2.24, 2.45) is 0 Å². The summed E-state index contributed by atoms with van der Waals surface area (Å²) in [6.07, 6.45) is 12.8. The van der Waals surface area contributed by atoms with E-state index in [0.29, 0.717) is 0 Å². The minimum Gasteiger partial charge on any atom is -0.372 e. The first kappa shape index (κ1) is 38.0. The Morgan fingerprint density at radius 3 is 1.17 bits per heavy atom. The van der Waals surface area contributed by atoms with Crippen molar-refractivity contribution in [2.45, 2.75) is 85.5 Å². The molecule has 2 aliphatic rings. The van der Waals surface area contributed by atoms with Gasteiger partial charge in [0.25, 0.3) is 0 Å². The van der Waals surface area contributed by atoms with Gasteiger partial charge in [-0.25, -0.2) is 0 Å². The van der Waals surface area contributed by atoms with Crippen molar-refractivity contribution in [1.82, 2.24) is 0 Å². The molecule has 53 heavy (non-hydrogen) atoms. The van der Waals surface area contributed by atoms with Crippen molar-refractivity contribution in [2.75, 3.05) is 49.1 Å². The molecule has 0 aromatic heterocycles. The predicted octanol–water partition coefficient (Wildman–Crippen LogP) is 11.4. The Morgan fingerprint density at radius 1 is 0.453 bits per heavy atom. The summed E-state index contributed by atoms with van der Waals surface area (Å²) in [5.41, 5.74) is 13.3. The lowest BCUT2D eigenvalue weighted by atomic mass is 9.81. The molecule has 0 amide bonds. The third-order valence-electron chi connectivity index (χ3n) is 11.8. The van der Waals surface area contributed by atoms with Crippen LogP contribution in [0, 0.1) is 0 Å². The standard InChI is InChI=1S/C49H62N4/c1-9-50(10-2)40-30-24-38(25-31-40)28-34-46-48(5,6)42-20-14-16-22-44(42)52(46)36-18-13-19-37-53-45-23-17-15-21-43(45)49(7,8)47(53)35-29-39-26-32-41(33-27-39)51(11-3)12-4/h14-17,20-35H,9-13,18-19,36-37H2,1-8H3/q+2. The molecule has 0 saturated heterocycles. The first-order valence-corrected chi connectivity index (χ1v) is 20.2. The van der Waals surface area contributed by atoms with Crippen molar-refractivity contribution in [3.8, 4) is 0 Å². The molecule has 0 unspecified atom stereocenters. The summed E-state index contributed by atoms with van der Waals surface area (Å²) in [4.78, 5) is 4.79. The van der Waals surface area contributed by atoms with Crippen molar-refractivity contribution >= 4 is 46.3 Å². The van der Waals surface area contributed by atoms with E-state index in [1.807, 2.05) is 0 Å². The van der Waals surface area contributed by atoms with Gasteiger partial charge < -0.3 is 9.80 Å². The molecule has 0 radical (unpaired) electrons. The van der Waals surface area contributed by atoms with Crippen LogP contribution in [0.15, 0.2) is 109 Å². The molecule has 0 aliphatic carbocycles. The number of para-hydroxylation sites is 2. The highest BCUT2D eigenvalue weighted by Crippen LogP contribution is 2.41. The average Bonchev–Trinajstić information content (AvgIpc) is 3.53. The summed E-state index contributed by atoms with van der Waals surface area (Å²) in [6.45, 7) is 24.5. The smallest absolute Gasteiger partial charge is 0.209 e. The number of rotatable bonds is 16. The van der Waals surface area contributed by atoms with Crippen LogP contribution in [0.25, 0.3) is 12.2 Å². The van der Waals surface area contributed by atoms with E-state index in [9.17, 15) is 0 Å². The second-order valence-electron chi connectivity index (χ2n) is 15.6. The molecule has 4 heteroatoms. The van der Waals surface area contributed by atoms with E-state index in [-0.39, 0.29) is 10.8 Å². The Balaban J connectivity index is 1.19. The molecule has 276 valence electrons. The SMILES string of the molecule is CCN(CC)c1ccc(C=CC2=[N+](CCCCC[N+]3=C(C=Cc4ccc(N(CC)CC)cc4)C(C)(C)c4ccccc43)c3ccccc3C2(C)C)cc1. The highest BCUT2D eigenvalue weighted by molar-refractivity contribution is 6.06. The normalized spacial score (nSPS) is 15.8. The van der Waals surface area contributed by atoms with Gasteiger partial charge >= 0.3 is 0 Å². The van der Waals surface area contributed by atoms with Crippen molar-refractivity contribution < 1.29 is 9.15 Å². The number of allylic oxidation sites excluding steroid dienone is 2. The van der Waals surface area contributed by atoms with E-state index in [1.54, 1.807) is 0 Å². The second kappa shape index (κ2) is 16.5. The topological polar surface area (TPSA) is 12.5 Å². The molecule has 4 nitrogen and oxygen atoms in total. The predicted molar refractivity (Wildman–Crippen MR) is 230 cm³/mol. The lowest BCUT2D eigenvalue weighted by molar-refractivity contribution is -0.443. The highest BCUT2D eigenvalue weighted by atomic mass is 15.1. The van der Waals surface area contributed by atoms with Crippen molar-refractivity contribution in [1.29, 1.82) is 0 Å². The fourth-order valence-corrected chi connectivity index (χ4v) is 8.60. The molecule has 0 saturated carbocycles. The van der Waals surface area contributed by atoms with Crippen LogP contribution in [0.1, 0.15) is 96.9 Å². The molecule has 0 fully saturated rings. The van der Waals surface area contributed by atoms with E-state index < -0.39 is 0 Å². The molecular formula is C49H62N4+2. The maximum absolute atomic E-state index is 2.59. The fraction of sp³-hybridized carbons (Fsp3) is 0.388. The van der Waals surface area contributed by atoms with Gasteiger partial charge in [0.15, 0.2) is 11.4 Å². The maximum Gasteiger partial charge on any atom is 0.209 e. The van der Waals surface area contributed by atoms with Gasteiger partial charge in [0, 0.05) is 85.8 Å². The summed E-state index contributed by atoms with van der Waals surface area (Å²) < 4.78 is 5.19. The van der Waals surface area contributed by atoms with Crippen LogP contribution in [0.2, 0.25) is 0 Å². The first-order chi connectivity index (χ1) is 25.6. The molecule has 4 aromatic rings. The highest BCUT2D eigenvalue weighted by Gasteiger charge is 2.45. The zero-order valence-corrected chi connectivity index (χ0v) is 33.7. The van der Waals surface area contributed by atoms with Gasteiger partial charge in [0.1, 0.15) is 13.1 Å². The molecule has 0 N–H and O–H groups in total. The van der Waals surface area contributed by atoms with E-state index in [4.69, 9.17) is 0 Å². The van der Waals surface area contributed by atoms with Crippen molar-refractivity contribution in [3.05, 3.63) is 131 Å². The van der Waals surface area contributed by atoms with Gasteiger partial charge in [-0.05, 0) is 109 Å². The summed E-state index contributed by atoms with van der Waals surface area (Å²) in [7, 11) is 0. The molecule has 0 spiro atoms. The first-order valence-electron chi connectivity index (χ1n) is 20.2. The van der Waals surface area contributed by atoms with Crippen LogP contribution in [0.3, 0.4) is 0 Å². The number of benzene rings is 4. The van der Waals surface area contributed by atoms with Crippen LogP contribution in [0.5, 0.6) is 0 Å². The summed E-state index contributed by atoms with van der Waals surface area (Å²) in [5, 5.41) is 0. The number of unbranched alkanes of at least 4 members (excludes halogenated alkanes) is 2. The summed E-state index contributed by atoms with van der Waals surface area (Å²) in [5.74, 6) is 0. The lowest BCUT2D eigenvalue weighted by Gasteiger charge is -2.20. The maximum atomic E-state index is 2.59.